The number of benzene rings is 1. The van der Waals surface area contributed by atoms with Crippen LogP contribution in [0.5, 0.6) is 0 Å². The summed E-state index contributed by atoms with van der Waals surface area (Å²) in [6.07, 6.45) is 6.97. The van der Waals surface area contributed by atoms with E-state index in [-0.39, 0.29) is 42.8 Å². The molecule has 1 saturated heterocycles. The van der Waals surface area contributed by atoms with Gasteiger partial charge in [0.05, 0.1) is 6.20 Å². The lowest BCUT2D eigenvalue weighted by Crippen LogP contribution is -2.37. The van der Waals surface area contributed by atoms with Crippen LogP contribution in [-0.4, -0.2) is 64.3 Å². The number of aromatic nitrogens is 2. The van der Waals surface area contributed by atoms with Crippen LogP contribution in [0.3, 0.4) is 0 Å². The minimum atomic E-state index is -0.335. The molecular weight excluding hydrogens is 373 g/mol. The quantitative estimate of drug-likeness (QED) is 0.696. The molecule has 7 nitrogen and oxygen atoms in total. The maximum absolute atomic E-state index is 13.2. The molecule has 2 heterocycles. The molecular formula is C21H26FN5O2. The number of likely N-dealkylation sites (tertiary alicyclic amines) is 1. The lowest BCUT2D eigenvalue weighted by atomic mass is 10.2. The van der Waals surface area contributed by atoms with Gasteiger partial charge in [-0.15, -0.1) is 0 Å². The first-order valence-corrected chi connectivity index (χ1v) is 9.90. The smallest absolute Gasteiger partial charge is 0.274 e. The summed E-state index contributed by atoms with van der Waals surface area (Å²) in [6, 6.07) is 5.96. The maximum Gasteiger partial charge on any atom is 0.274 e. The fourth-order valence-electron chi connectivity index (χ4n) is 3.32. The third kappa shape index (κ3) is 6.60. The number of nitrogens with one attached hydrogen (secondary N) is 1. The number of amides is 2. The summed E-state index contributed by atoms with van der Waals surface area (Å²) in [5.41, 5.74) is 0.988. The first-order valence-electron chi connectivity index (χ1n) is 9.90. The predicted molar refractivity (Wildman–Crippen MR) is 106 cm³/mol. The lowest BCUT2D eigenvalue weighted by molar-refractivity contribution is -0.121. The van der Waals surface area contributed by atoms with Crippen LogP contribution < -0.4 is 5.32 Å². The Morgan fingerprint density at radius 1 is 1.14 bits per heavy atom. The highest BCUT2D eigenvalue weighted by Crippen LogP contribution is 2.10. The van der Waals surface area contributed by atoms with Crippen molar-refractivity contribution in [1.29, 1.82) is 0 Å². The van der Waals surface area contributed by atoms with Gasteiger partial charge in [-0.25, -0.2) is 9.37 Å². The summed E-state index contributed by atoms with van der Waals surface area (Å²) in [5, 5.41) is 2.92. The van der Waals surface area contributed by atoms with E-state index < -0.39 is 0 Å². The molecule has 0 unspecified atom stereocenters. The Morgan fingerprint density at radius 2 is 1.90 bits per heavy atom. The molecule has 154 valence electrons. The third-order valence-corrected chi connectivity index (χ3v) is 4.91. The molecule has 1 fully saturated rings. The van der Waals surface area contributed by atoms with Crippen molar-refractivity contribution in [2.75, 3.05) is 32.7 Å². The summed E-state index contributed by atoms with van der Waals surface area (Å²) < 4.78 is 13.2. The predicted octanol–water partition coefficient (Wildman–Crippen LogP) is 1.86. The van der Waals surface area contributed by atoms with E-state index in [1.807, 2.05) is 0 Å². The van der Waals surface area contributed by atoms with E-state index >= 15 is 0 Å². The normalized spacial score (nSPS) is 14.0. The van der Waals surface area contributed by atoms with Crippen LogP contribution >= 0.6 is 0 Å². The Bertz CT molecular complexity index is 794. The van der Waals surface area contributed by atoms with Crippen LogP contribution in [0.2, 0.25) is 0 Å². The van der Waals surface area contributed by atoms with E-state index in [9.17, 15) is 14.0 Å². The van der Waals surface area contributed by atoms with Crippen LogP contribution in [-0.2, 0) is 11.3 Å². The van der Waals surface area contributed by atoms with Gasteiger partial charge in [0.2, 0.25) is 5.91 Å². The van der Waals surface area contributed by atoms with Gasteiger partial charge in [0, 0.05) is 45.0 Å². The minimum absolute atomic E-state index is 0.0970. The zero-order valence-electron chi connectivity index (χ0n) is 16.4. The molecule has 0 spiro atoms. The highest BCUT2D eigenvalue weighted by atomic mass is 19.1. The zero-order valence-corrected chi connectivity index (χ0v) is 16.4. The average molecular weight is 399 g/mol. The molecule has 0 atom stereocenters. The number of hydrogen-bond donors (Lipinski definition) is 1. The van der Waals surface area contributed by atoms with Crippen molar-refractivity contribution in [3.8, 4) is 0 Å². The Kier molecular flexibility index (Phi) is 7.63. The number of carbonyl (C=O) groups excluding carboxylic acids is 2. The van der Waals surface area contributed by atoms with E-state index in [1.165, 1.54) is 48.5 Å². The Balaban J connectivity index is 1.56. The number of carbonyl (C=O) groups is 2. The fraction of sp³-hybridized carbons (Fsp3) is 0.429. The summed E-state index contributed by atoms with van der Waals surface area (Å²) in [4.78, 5) is 36.9. The van der Waals surface area contributed by atoms with Crippen LogP contribution in [0.15, 0.2) is 42.9 Å². The molecule has 1 aromatic heterocycles. The molecule has 1 aliphatic rings. The molecule has 2 aromatic rings. The van der Waals surface area contributed by atoms with E-state index in [4.69, 9.17) is 0 Å². The molecule has 0 radical (unpaired) electrons. The summed E-state index contributed by atoms with van der Waals surface area (Å²) in [5.74, 6) is -0.745. The van der Waals surface area contributed by atoms with Crippen molar-refractivity contribution in [3.05, 3.63) is 59.9 Å². The topological polar surface area (TPSA) is 78.4 Å². The largest absolute Gasteiger partial charge is 0.355 e. The lowest BCUT2D eigenvalue weighted by Gasteiger charge is -2.22. The number of rotatable bonds is 9. The van der Waals surface area contributed by atoms with Crippen molar-refractivity contribution in [1.82, 2.24) is 25.1 Å². The second-order valence-electron chi connectivity index (χ2n) is 7.09. The molecule has 0 bridgehead atoms. The van der Waals surface area contributed by atoms with Gasteiger partial charge >= 0.3 is 0 Å². The van der Waals surface area contributed by atoms with Crippen molar-refractivity contribution in [2.45, 2.75) is 25.8 Å². The molecule has 3 rings (SSSR count). The number of nitrogens with zero attached hydrogens (tertiary/aromatic N) is 4. The molecule has 1 N–H and O–H groups in total. The second kappa shape index (κ2) is 10.6. The average Bonchev–Trinajstić information content (AvgIpc) is 3.26. The summed E-state index contributed by atoms with van der Waals surface area (Å²) >= 11 is 0. The van der Waals surface area contributed by atoms with Crippen molar-refractivity contribution >= 4 is 11.8 Å². The second-order valence-corrected chi connectivity index (χ2v) is 7.09. The molecule has 0 saturated carbocycles. The van der Waals surface area contributed by atoms with Gasteiger partial charge in [-0.3, -0.25) is 14.6 Å². The standard InChI is InChI=1S/C21H26FN5O2/c22-18-5-3-17(4-6-18)16-27(21(29)19-15-23-8-9-24-19)13-7-20(28)25-10-14-26-11-1-2-12-26/h3-6,8-9,15H,1-2,7,10-14,16H2,(H,25,28). The number of hydrogen-bond acceptors (Lipinski definition) is 5. The highest BCUT2D eigenvalue weighted by molar-refractivity contribution is 5.92. The van der Waals surface area contributed by atoms with E-state index in [0.717, 1.165) is 25.2 Å². The van der Waals surface area contributed by atoms with Gasteiger partial charge in [0.1, 0.15) is 11.5 Å². The van der Waals surface area contributed by atoms with E-state index in [1.54, 1.807) is 12.1 Å². The fourth-order valence-corrected chi connectivity index (χ4v) is 3.32. The summed E-state index contributed by atoms with van der Waals surface area (Å²) in [7, 11) is 0. The Hall–Kier alpha value is -2.87. The van der Waals surface area contributed by atoms with Crippen LogP contribution in [0.4, 0.5) is 4.39 Å². The maximum atomic E-state index is 13.2. The van der Waals surface area contributed by atoms with Crippen LogP contribution in [0, 0.1) is 5.82 Å². The Morgan fingerprint density at radius 3 is 2.59 bits per heavy atom. The summed E-state index contributed by atoms with van der Waals surface area (Å²) in [6.45, 7) is 4.14. The van der Waals surface area contributed by atoms with Gasteiger partial charge in [-0.1, -0.05) is 12.1 Å². The van der Waals surface area contributed by atoms with Crippen LogP contribution in [0.1, 0.15) is 35.3 Å². The molecule has 0 aliphatic carbocycles. The van der Waals surface area contributed by atoms with Crippen molar-refractivity contribution < 1.29 is 14.0 Å². The molecule has 1 aliphatic heterocycles. The van der Waals surface area contributed by atoms with E-state index in [2.05, 4.69) is 20.2 Å². The molecule has 2 amide bonds. The van der Waals surface area contributed by atoms with Crippen molar-refractivity contribution in [3.63, 3.8) is 0 Å². The first-order chi connectivity index (χ1) is 14.1. The monoisotopic (exact) mass is 399 g/mol. The zero-order chi connectivity index (χ0) is 20.5. The van der Waals surface area contributed by atoms with Gasteiger partial charge in [0.15, 0.2) is 0 Å². The van der Waals surface area contributed by atoms with E-state index in [0.29, 0.717) is 6.54 Å². The van der Waals surface area contributed by atoms with Crippen molar-refractivity contribution in [2.24, 2.45) is 0 Å². The SMILES string of the molecule is O=C(CCN(Cc1ccc(F)cc1)C(=O)c1cnccn1)NCCN1CCCC1. The van der Waals surface area contributed by atoms with Gasteiger partial charge in [-0.2, -0.15) is 0 Å². The van der Waals surface area contributed by atoms with Gasteiger partial charge in [-0.05, 0) is 43.6 Å². The first kappa shape index (κ1) is 20.9. The molecule has 29 heavy (non-hydrogen) atoms. The molecule has 8 heteroatoms. The highest BCUT2D eigenvalue weighted by Gasteiger charge is 2.19. The minimum Gasteiger partial charge on any atom is -0.355 e. The van der Waals surface area contributed by atoms with Crippen LogP contribution in [0.25, 0.3) is 0 Å². The van der Waals surface area contributed by atoms with Gasteiger partial charge in [0.25, 0.3) is 5.91 Å². The van der Waals surface area contributed by atoms with Gasteiger partial charge < -0.3 is 15.1 Å². The number of halogens is 1. The Labute approximate surface area is 169 Å². The third-order valence-electron chi connectivity index (χ3n) is 4.91. The molecule has 1 aromatic carbocycles.